The minimum Gasteiger partial charge on any atom is -0.393 e. The van der Waals surface area contributed by atoms with E-state index in [4.69, 9.17) is 0 Å². The van der Waals surface area contributed by atoms with Crippen molar-refractivity contribution in [2.24, 2.45) is 17.8 Å². The SMILES string of the molecule is CCC(C)C(=O)N1CCCC(C(=O)N2CCC(C(C)O)C2)C1. The topological polar surface area (TPSA) is 60.9 Å². The average Bonchev–Trinajstić information content (AvgIpc) is 3.03. The molecule has 0 saturated carbocycles. The third kappa shape index (κ3) is 3.80. The first-order valence-corrected chi connectivity index (χ1v) is 8.69. The Kier molecular flexibility index (Phi) is 5.84. The van der Waals surface area contributed by atoms with E-state index in [-0.39, 0.29) is 35.7 Å². The van der Waals surface area contributed by atoms with Crippen molar-refractivity contribution in [3.63, 3.8) is 0 Å². The summed E-state index contributed by atoms with van der Waals surface area (Å²) in [6.07, 6.45) is 3.15. The third-order valence-electron chi connectivity index (χ3n) is 5.33. The molecule has 2 aliphatic heterocycles. The van der Waals surface area contributed by atoms with Crippen LogP contribution in [0.25, 0.3) is 0 Å². The Bertz CT molecular complexity index is 411. The molecular formula is C17H30N2O3. The highest BCUT2D eigenvalue weighted by molar-refractivity contribution is 5.82. The predicted octanol–water partition coefficient (Wildman–Crippen LogP) is 1.50. The molecule has 0 aromatic rings. The van der Waals surface area contributed by atoms with E-state index in [1.807, 2.05) is 23.6 Å². The molecule has 5 heteroatoms. The largest absolute Gasteiger partial charge is 0.393 e. The van der Waals surface area contributed by atoms with Gasteiger partial charge in [-0.05, 0) is 32.6 Å². The maximum absolute atomic E-state index is 12.7. The van der Waals surface area contributed by atoms with Gasteiger partial charge in [0.15, 0.2) is 0 Å². The van der Waals surface area contributed by atoms with Gasteiger partial charge in [-0.25, -0.2) is 0 Å². The van der Waals surface area contributed by atoms with Gasteiger partial charge in [-0.1, -0.05) is 13.8 Å². The molecule has 5 nitrogen and oxygen atoms in total. The number of hydrogen-bond acceptors (Lipinski definition) is 3. The van der Waals surface area contributed by atoms with Gasteiger partial charge in [0.25, 0.3) is 0 Å². The molecule has 4 unspecified atom stereocenters. The number of rotatable bonds is 4. The second kappa shape index (κ2) is 7.44. The highest BCUT2D eigenvalue weighted by Gasteiger charge is 2.35. The summed E-state index contributed by atoms with van der Waals surface area (Å²) in [7, 11) is 0. The zero-order valence-corrected chi connectivity index (χ0v) is 14.1. The van der Waals surface area contributed by atoms with Crippen LogP contribution in [0.15, 0.2) is 0 Å². The van der Waals surface area contributed by atoms with Crippen LogP contribution >= 0.6 is 0 Å². The van der Waals surface area contributed by atoms with Crippen molar-refractivity contribution < 1.29 is 14.7 Å². The lowest BCUT2D eigenvalue weighted by atomic mass is 9.95. The van der Waals surface area contributed by atoms with E-state index in [0.29, 0.717) is 13.1 Å². The second-order valence-corrected chi connectivity index (χ2v) is 7.01. The number of aliphatic hydroxyl groups excluding tert-OH is 1. The average molecular weight is 310 g/mol. The Morgan fingerprint density at radius 1 is 1.14 bits per heavy atom. The van der Waals surface area contributed by atoms with Crippen molar-refractivity contribution in [2.75, 3.05) is 26.2 Å². The summed E-state index contributed by atoms with van der Waals surface area (Å²) < 4.78 is 0. The van der Waals surface area contributed by atoms with Crippen molar-refractivity contribution >= 4 is 11.8 Å². The molecule has 0 radical (unpaired) electrons. The van der Waals surface area contributed by atoms with Gasteiger partial charge >= 0.3 is 0 Å². The van der Waals surface area contributed by atoms with E-state index in [9.17, 15) is 14.7 Å². The fraction of sp³-hybridized carbons (Fsp3) is 0.882. The van der Waals surface area contributed by atoms with Gasteiger partial charge in [0, 0.05) is 38.0 Å². The Morgan fingerprint density at radius 3 is 2.45 bits per heavy atom. The van der Waals surface area contributed by atoms with Crippen LogP contribution in [0.2, 0.25) is 0 Å². The first-order chi connectivity index (χ1) is 10.4. The van der Waals surface area contributed by atoms with Crippen molar-refractivity contribution in [2.45, 2.75) is 52.6 Å². The molecular weight excluding hydrogens is 280 g/mol. The molecule has 126 valence electrons. The standard InChI is InChI=1S/C17H30N2O3/c1-4-12(2)16(21)18-8-5-6-15(11-18)17(22)19-9-7-14(10-19)13(3)20/h12-15,20H,4-11H2,1-3H3. The lowest BCUT2D eigenvalue weighted by Crippen LogP contribution is -2.47. The number of hydrogen-bond donors (Lipinski definition) is 1. The Hall–Kier alpha value is -1.10. The molecule has 2 amide bonds. The number of carbonyl (C=O) groups excluding carboxylic acids is 2. The molecule has 2 heterocycles. The monoisotopic (exact) mass is 310 g/mol. The first kappa shape index (κ1) is 17.3. The van der Waals surface area contributed by atoms with Crippen LogP contribution in [0, 0.1) is 17.8 Å². The van der Waals surface area contributed by atoms with Crippen LogP contribution < -0.4 is 0 Å². The summed E-state index contributed by atoms with van der Waals surface area (Å²) >= 11 is 0. The van der Waals surface area contributed by atoms with Gasteiger partial charge in [-0.3, -0.25) is 9.59 Å². The van der Waals surface area contributed by atoms with E-state index in [1.165, 1.54) is 0 Å². The molecule has 0 aromatic carbocycles. The van der Waals surface area contributed by atoms with E-state index < -0.39 is 0 Å². The molecule has 0 spiro atoms. The fourth-order valence-electron chi connectivity index (χ4n) is 3.50. The molecule has 2 saturated heterocycles. The van der Waals surface area contributed by atoms with Crippen LogP contribution in [-0.2, 0) is 9.59 Å². The minimum absolute atomic E-state index is 0.0419. The molecule has 4 atom stereocenters. The normalized spacial score (nSPS) is 28.5. The van der Waals surface area contributed by atoms with Crippen LogP contribution in [-0.4, -0.2) is 59.0 Å². The Morgan fingerprint density at radius 2 is 1.86 bits per heavy atom. The minimum atomic E-state index is -0.354. The van der Waals surface area contributed by atoms with Crippen molar-refractivity contribution in [1.82, 2.24) is 9.80 Å². The number of amides is 2. The third-order valence-corrected chi connectivity index (χ3v) is 5.33. The summed E-state index contributed by atoms with van der Waals surface area (Å²) in [5.41, 5.74) is 0. The van der Waals surface area contributed by atoms with Crippen LogP contribution in [0.1, 0.15) is 46.5 Å². The number of piperidine rings is 1. The van der Waals surface area contributed by atoms with Gasteiger partial charge in [0.05, 0.1) is 12.0 Å². The smallest absolute Gasteiger partial charge is 0.227 e. The van der Waals surface area contributed by atoms with Gasteiger partial charge in [-0.15, -0.1) is 0 Å². The van der Waals surface area contributed by atoms with Gasteiger partial charge < -0.3 is 14.9 Å². The van der Waals surface area contributed by atoms with Crippen LogP contribution in [0.4, 0.5) is 0 Å². The number of nitrogens with zero attached hydrogens (tertiary/aromatic N) is 2. The van der Waals surface area contributed by atoms with Gasteiger partial charge in [0.1, 0.15) is 0 Å². The van der Waals surface area contributed by atoms with E-state index in [0.717, 1.165) is 38.8 Å². The number of likely N-dealkylation sites (tertiary alicyclic amines) is 2. The van der Waals surface area contributed by atoms with Gasteiger partial charge in [0.2, 0.25) is 11.8 Å². The number of aliphatic hydroxyl groups is 1. The lowest BCUT2D eigenvalue weighted by molar-refractivity contribution is -0.142. The lowest BCUT2D eigenvalue weighted by Gasteiger charge is -2.35. The molecule has 22 heavy (non-hydrogen) atoms. The quantitative estimate of drug-likeness (QED) is 0.856. The highest BCUT2D eigenvalue weighted by Crippen LogP contribution is 2.25. The summed E-state index contributed by atoms with van der Waals surface area (Å²) in [4.78, 5) is 28.8. The van der Waals surface area contributed by atoms with Crippen molar-refractivity contribution in [3.8, 4) is 0 Å². The molecule has 2 fully saturated rings. The molecule has 2 rings (SSSR count). The number of carbonyl (C=O) groups is 2. The molecule has 0 aromatic heterocycles. The van der Waals surface area contributed by atoms with Gasteiger partial charge in [-0.2, -0.15) is 0 Å². The summed E-state index contributed by atoms with van der Waals surface area (Å²) in [6.45, 7) is 8.53. The maximum Gasteiger partial charge on any atom is 0.227 e. The maximum atomic E-state index is 12.7. The highest BCUT2D eigenvalue weighted by atomic mass is 16.3. The zero-order valence-electron chi connectivity index (χ0n) is 14.1. The Labute approximate surface area is 133 Å². The molecule has 0 aliphatic carbocycles. The van der Waals surface area contributed by atoms with Crippen LogP contribution in [0.3, 0.4) is 0 Å². The summed E-state index contributed by atoms with van der Waals surface area (Å²) in [5, 5.41) is 9.67. The van der Waals surface area contributed by atoms with Crippen molar-refractivity contribution in [3.05, 3.63) is 0 Å². The first-order valence-electron chi connectivity index (χ1n) is 8.69. The van der Waals surface area contributed by atoms with Crippen molar-refractivity contribution in [1.29, 1.82) is 0 Å². The van der Waals surface area contributed by atoms with E-state index in [2.05, 4.69) is 0 Å². The Balaban J connectivity index is 1.92. The zero-order chi connectivity index (χ0) is 16.3. The molecule has 2 aliphatic rings. The fourth-order valence-corrected chi connectivity index (χ4v) is 3.50. The predicted molar refractivity (Wildman–Crippen MR) is 85.1 cm³/mol. The summed E-state index contributed by atoms with van der Waals surface area (Å²) in [6, 6.07) is 0. The van der Waals surface area contributed by atoms with Crippen LogP contribution in [0.5, 0.6) is 0 Å². The second-order valence-electron chi connectivity index (χ2n) is 7.01. The molecule has 1 N–H and O–H groups in total. The summed E-state index contributed by atoms with van der Waals surface area (Å²) in [5.74, 6) is 0.535. The van der Waals surface area contributed by atoms with E-state index in [1.54, 1.807) is 6.92 Å². The molecule has 0 bridgehead atoms. The van der Waals surface area contributed by atoms with E-state index >= 15 is 0 Å².